The van der Waals surface area contributed by atoms with Crippen molar-refractivity contribution in [3.8, 4) is 0 Å². The molecule has 1 N–H and O–H groups in total. The van der Waals surface area contributed by atoms with Crippen LogP contribution >= 0.6 is 11.3 Å². The largest absolute Gasteiger partial charge is 0.381 e. The van der Waals surface area contributed by atoms with Gasteiger partial charge in [-0.15, -0.1) is 11.3 Å². The lowest BCUT2D eigenvalue weighted by Crippen LogP contribution is -2.65. The Labute approximate surface area is 273 Å². The fraction of sp³-hybridized carbons (Fsp3) is 0.818. The highest BCUT2D eigenvalue weighted by Crippen LogP contribution is 2.54. The fourth-order valence-electron chi connectivity index (χ4n) is 7.58. The molecule has 10 nitrogen and oxygen atoms in total. The SMILES string of the molecule is C[C@@H](OCC1CCOCC1)[C@@H](COC1CCC(F)(F)CC1)NC(=O)[C@@H]1CN(C(=O)c2cncs2)CC12CN(C(=O)[C@H]1CC1(C)C)C2. The summed E-state index contributed by atoms with van der Waals surface area (Å²) in [7, 11) is 0. The number of likely N-dealkylation sites (tertiary alicyclic amines) is 2. The van der Waals surface area contributed by atoms with Crippen molar-refractivity contribution in [1.82, 2.24) is 20.1 Å². The second-order valence-electron chi connectivity index (χ2n) is 15.0. The normalized spacial score (nSPS) is 28.5. The van der Waals surface area contributed by atoms with E-state index in [1.807, 2.05) is 11.8 Å². The van der Waals surface area contributed by atoms with Gasteiger partial charge in [-0.1, -0.05) is 13.8 Å². The Balaban J connectivity index is 1.14. The zero-order valence-electron chi connectivity index (χ0n) is 27.2. The quantitative estimate of drug-likeness (QED) is 0.380. The molecule has 4 heterocycles. The summed E-state index contributed by atoms with van der Waals surface area (Å²) >= 11 is 1.27. The number of amides is 3. The van der Waals surface area contributed by atoms with Crippen molar-refractivity contribution in [2.45, 2.75) is 89.9 Å². The van der Waals surface area contributed by atoms with Crippen LogP contribution in [0.3, 0.4) is 0 Å². The summed E-state index contributed by atoms with van der Waals surface area (Å²) < 4.78 is 45.5. The molecule has 2 aliphatic carbocycles. The van der Waals surface area contributed by atoms with Crippen molar-refractivity contribution < 1.29 is 37.4 Å². The van der Waals surface area contributed by atoms with Crippen LogP contribution in [0.2, 0.25) is 0 Å². The summed E-state index contributed by atoms with van der Waals surface area (Å²) in [5.74, 6) is -3.05. The number of nitrogens with one attached hydrogen (secondary N) is 1. The monoisotopic (exact) mass is 666 g/mol. The van der Waals surface area contributed by atoms with Gasteiger partial charge in [0.1, 0.15) is 4.88 Å². The van der Waals surface area contributed by atoms with Crippen LogP contribution < -0.4 is 5.32 Å². The number of alkyl halides is 2. The smallest absolute Gasteiger partial charge is 0.265 e. The third kappa shape index (κ3) is 7.42. The summed E-state index contributed by atoms with van der Waals surface area (Å²) in [6.07, 6.45) is 3.69. The van der Waals surface area contributed by atoms with Crippen LogP contribution in [0, 0.1) is 28.6 Å². The minimum atomic E-state index is -2.65. The zero-order valence-corrected chi connectivity index (χ0v) is 28.0. The molecule has 6 rings (SSSR count). The maximum atomic E-state index is 14.2. The second kappa shape index (κ2) is 13.4. The summed E-state index contributed by atoms with van der Waals surface area (Å²) in [6, 6.07) is -0.511. The first-order chi connectivity index (χ1) is 21.9. The van der Waals surface area contributed by atoms with Gasteiger partial charge < -0.3 is 29.3 Å². The van der Waals surface area contributed by atoms with E-state index in [-0.39, 0.29) is 80.1 Å². The minimum absolute atomic E-state index is 0.00268. The van der Waals surface area contributed by atoms with Crippen LogP contribution in [0.4, 0.5) is 8.78 Å². The molecule has 1 aromatic heterocycles. The van der Waals surface area contributed by atoms with Gasteiger partial charge in [-0.05, 0) is 50.4 Å². The first-order valence-electron chi connectivity index (χ1n) is 16.8. The molecule has 1 aromatic rings. The van der Waals surface area contributed by atoms with Gasteiger partial charge in [0.05, 0.1) is 49.1 Å². The first kappa shape index (κ1) is 33.7. The fourth-order valence-corrected chi connectivity index (χ4v) is 8.16. The average molecular weight is 667 g/mol. The lowest BCUT2D eigenvalue weighted by atomic mass is 9.70. The predicted octanol–water partition coefficient (Wildman–Crippen LogP) is 4.00. The number of halogens is 2. The number of hydrogen-bond donors (Lipinski definition) is 1. The number of carbonyl (C=O) groups excluding carboxylic acids is 3. The van der Waals surface area contributed by atoms with E-state index in [1.54, 1.807) is 16.6 Å². The highest BCUT2D eigenvalue weighted by atomic mass is 32.1. The lowest BCUT2D eigenvalue weighted by Gasteiger charge is -2.50. The van der Waals surface area contributed by atoms with Gasteiger partial charge in [0.2, 0.25) is 17.7 Å². The highest BCUT2D eigenvalue weighted by Gasteiger charge is 2.62. The van der Waals surface area contributed by atoms with E-state index in [1.165, 1.54) is 11.3 Å². The molecule has 46 heavy (non-hydrogen) atoms. The molecule has 13 heteroatoms. The Hall–Kier alpha value is -2.22. The van der Waals surface area contributed by atoms with Crippen molar-refractivity contribution in [2.24, 2.45) is 28.6 Å². The predicted molar refractivity (Wildman–Crippen MR) is 166 cm³/mol. The summed E-state index contributed by atoms with van der Waals surface area (Å²) in [6.45, 7) is 9.66. The number of ether oxygens (including phenoxy) is 3. The number of aromatic nitrogens is 1. The van der Waals surface area contributed by atoms with Crippen LogP contribution in [0.15, 0.2) is 11.7 Å². The molecule has 1 spiro atoms. The van der Waals surface area contributed by atoms with E-state index < -0.39 is 23.3 Å². The van der Waals surface area contributed by atoms with Crippen LogP contribution in [-0.4, -0.2) is 109 Å². The van der Waals surface area contributed by atoms with Crippen molar-refractivity contribution in [2.75, 3.05) is 52.6 Å². The van der Waals surface area contributed by atoms with E-state index in [0.717, 1.165) is 19.3 Å². The van der Waals surface area contributed by atoms with Gasteiger partial charge in [-0.3, -0.25) is 19.4 Å². The second-order valence-corrected chi connectivity index (χ2v) is 15.9. The average Bonchev–Trinajstić information content (AvgIpc) is 3.38. The molecule has 2 saturated carbocycles. The molecule has 0 bridgehead atoms. The van der Waals surface area contributed by atoms with Gasteiger partial charge in [0.25, 0.3) is 5.91 Å². The number of rotatable bonds is 11. The molecule has 0 radical (unpaired) electrons. The Morgan fingerprint density at radius 1 is 1.09 bits per heavy atom. The third-order valence-electron chi connectivity index (χ3n) is 11.0. The highest BCUT2D eigenvalue weighted by molar-refractivity contribution is 7.11. The molecule has 256 valence electrons. The molecule has 5 aliphatic rings. The summed E-state index contributed by atoms with van der Waals surface area (Å²) in [5, 5.41) is 3.20. The van der Waals surface area contributed by atoms with Crippen molar-refractivity contribution in [1.29, 1.82) is 0 Å². The summed E-state index contributed by atoms with van der Waals surface area (Å²) in [5.41, 5.74) is 1.07. The number of carbonyl (C=O) groups is 3. The molecule has 3 amide bonds. The molecular weight excluding hydrogens is 618 g/mol. The van der Waals surface area contributed by atoms with Crippen LogP contribution in [-0.2, 0) is 23.8 Å². The van der Waals surface area contributed by atoms with Crippen LogP contribution in [0.5, 0.6) is 0 Å². The van der Waals surface area contributed by atoms with E-state index in [0.29, 0.717) is 50.2 Å². The zero-order chi connectivity index (χ0) is 32.7. The molecule has 3 saturated heterocycles. The summed E-state index contributed by atoms with van der Waals surface area (Å²) in [4.78, 5) is 49.0. The van der Waals surface area contributed by atoms with Gasteiger partial charge in [-0.25, -0.2) is 8.78 Å². The Morgan fingerprint density at radius 3 is 2.39 bits per heavy atom. The van der Waals surface area contributed by atoms with E-state index in [4.69, 9.17) is 14.2 Å². The maximum absolute atomic E-state index is 14.2. The van der Waals surface area contributed by atoms with E-state index >= 15 is 0 Å². The minimum Gasteiger partial charge on any atom is -0.381 e. The third-order valence-corrected chi connectivity index (χ3v) is 11.8. The van der Waals surface area contributed by atoms with Crippen LogP contribution in [0.25, 0.3) is 0 Å². The number of hydrogen-bond acceptors (Lipinski definition) is 8. The lowest BCUT2D eigenvalue weighted by molar-refractivity contribution is -0.152. The van der Waals surface area contributed by atoms with E-state index in [9.17, 15) is 23.2 Å². The molecule has 3 aliphatic heterocycles. The molecule has 0 unspecified atom stereocenters. The number of nitrogens with zero attached hydrogens (tertiary/aromatic N) is 3. The van der Waals surface area contributed by atoms with Gasteiger partial charge >= 0.3 is 0 Å². The molecular formula is C33H48F2N4O6S. The topological polar surface area (TPSA) is 110 Å². The Bertz CT molecular complexity index is 1240. The van der Waals surface area contributed by atoms with Crippen LogP contribution in [0.1, 0.15) is 75.4 Å². The van der Waals surface area contributed by atoms with Crippen molar-refractivity contribution in [3.63, 3.8) is 0 Å². The first-order valence-corrected chi connectivity index (χ1v) is 17.7. The maximum Gasteiger partial charge on any atom is 0.265 e. The Morgan fingerprint density at radius 2 is 1.76 bits per heavy atom. The molecule has 5 fully saturated rings. The number of thiazole rings is 1. The van der Waals surface area contributed by atoms with E-state index in [2.05, 4.69) is 24.1 Å². The standard InChI is InChI=1S/C33H48F2N4O6S/c1-21(44-15-22-6-10-43-11-7-22)26(16-45-23-4-8-33(34,35)9-5-23)37-28(40)25-14-38(30(42)27-13-36-20-46-27)17-32(25)18-39(19-32)29(41)24-12-31(24,2)3/h13,20-26H,4-12,14-19H2,1-3H3,(H,37,40)/t21-,24-,25+,26-/m1/s1. The van der Waals surface area contributed by atoms with Crippen molar-refractivity contribution >= 4 is 29.1 Å². The molecule has 0 aromatic carbocycles. The van der Waals surface area contributed by atoms with Gasteiger partial charge in [0.15, 0.2) is 0 Å². The molecule has 4 atom stereocenters. The van der Waals surface area contributed by atoms with Gasteiger partial charge in [-0.2, -0.15) is 0 Å². The van der Waals surface area contributed by atoms with Crippen molar-refractivity contribution in [3.05, 3.63) is 16.6 Å². The van der Waals surface area contributed by atoms with Gasteiger partial charge in [0, 0.05) is 63.6 Å². The Kier molecular flexibility index (Phi) is 9.78.